The summed E-state index contributed by atoms with van der Waals surface area (Å²) in [6.45, 7) is 9.22. The van der Waals surface area contributed by atoms with Gasteiger partial charge < -0.3 is 4.74 Å². The largest absolute Gasteiger partial charge is 0.373 e. The third-order valence-corrected chi connectivity index (χ3v) is 5.70. The van der Waals surface area contributed by atoms with E-state index in [0.717, 1.165) is 41.7 Å². The maximum Gasteiger partial charge on any atom is 0.352 e. The van der Waals surface area contributed by atoms with Crippen molar-refractivity contribution in [3.8, 4) is 0 Å². The molecule has 0 N–H and O–H groups in total. The minimum absolute atomic E-state index is 0.208. The summed E-state index contributed by atoms with van der Waals surface area (Å²) in [6.07, 6.45) is 3.71. The molecule has 3 aromatic heterocycles. The Bertz CT molecular complexity index is 1300. The van der Waals surface area contributed by atoms with Crippen LogP contribution in [0.15, 0.2) is 47.7 Å². The zero-order valence-electron chi connectivity index (χ0n) is 18.0. The summed E-state index contributed by atoms with van der Waals surface area (Å²) in [6, 6.07) is 10.2. The summed E-state index contributed by atoms with van der Waals surface area (Å²) in [7, 11) is 0. The van der Waals surface area contributed by atoms with Crippen LogP contribution in [-0.4, -0.2) is 54.3 Å². The second-order valence-corrected chi connectivity index (χ2v) is 8.52. The molecule has 160 valence electrons. The van der Waals surface area contributed by atoms with Gasteiger partial charge in [0.05, 0.1) is 24.1 Å². The van der Waals surface area contributed by atoms with Gasteiger partial charge in [0.25, 0.3) is 0 Å². The van der Waals surface area contributed by atoms with Crippen LogP contribution in [0.2, 0.25) is 0 Å². The van der Waals surface area contributed by atoms with Gasteiger partial charge in [-0.3, -0.25) is 9.47 Å². The molecule has 8 nitrogen and oxygen atoms in total. The molecule has 4 aromatic rings. The van der Waals surface area contributed by atoms with Gasteiger partial charge in [0.1, 0.15) is 12.0 Å². The first kappa shape index (κ1) is 19.8. The molecule has 1 aromatic carbocycles. The van der Waals surface area contributed by atoms with Gasteiger partial charge in [-0.15, -0.1) is 0 Å². The third-order valence-electron chi connectivity index (χ3n) is 5.70. The van der Waals surface area contributed by atoms with Gasteiger partial charge in [0.15, 0.2) is 5.65 Å². The fourth-order valence-corrected chi connectivity index (χ4v) is 4.54. The highest BCUT2D eigenvalue weighted by atomic mass is 16.5. The Morgan fingerprint density at radius 2 is 1.84 bits per heavy atom. The standard InChI is InChI=1S/C23H26N6O2/c1-15-5-4-6-18(7-15)13-28-21-20(22-25-14-26-29(22)23(28)30)8-19(9-24-21)12-27-10-16(2)31-17(3)11-27/h4-9,14,16-17H,10-13H2,1-3H3/t16-,17+. The normalized spacial score (nSPS) is 20.0. The molecule has 0 aliphatic carbocycles. The summed E-state index contributed by atoms with van der Waals surface area (Å²) in [5, 5.41) is 5.00. The molecule has 0 amide bonds. The molecule has 0 saturated carbocycles. The van der Waals surface area contributed by atoms with Gasteiger partial charge in [-0.05, 0) is 38.0 Å². The van der Waals surface area contributed by atoms with Crippen LogP contribution >= 0.6 is 0 Å². The SMILES string of the molecule is Cc1cccc(Cn2c(=O)n3ncnc3c3cc(CN4C[C@@H](C)O[C@@H](C)C4)cnc32)c1. The van der Waals surface area contributed by atoms with E-state index in [1.54, 1.807) is 4.57 Å². The summed E-state index contributed by atoms with van der Waals surface area (Å²) in [5.41, 5.74) is 4.21. The maximum atomic E-state index is 13.1. The van der Waals surface area contributed by atoms with Crippen molar-refractivity contribution in [3.05, 3.63) is 70.0 Å². The monoisotopic (exact) mass is 418 g/mol. The molecule has 0 bridgehead atoms. The van der Waals surface area contributed by atoms with E-state index in [2.05, 4.69) is 41.0 Å². The quantitative estimate of drug-likeness (QED) is 0.507. The molecule has 5 rings (SSSR count). The fraction of sp³-hybridized carbons (Fsp3) is 0.391. The van der Waals surface area contributed by atoms with E-state index in [4.69, 9.17) is 9.72 Å². The molecule has 1 aliphatic heterocycles. The van der Waals surface area contributed by atoms with Gasteiger partial charge in [-0.1, -0.05) is 29.8 Å². The Balaban J connectivity index is 1.58. The lowest BCUT2D eigenvalue weighted by Crippen LogP contribution is -2.44. The Hall–Kier alpha value is -3.10. The number of morpholine rings is 1. The van der Waals surface area contributed by atoms with Crippen molar-refractivity contribution in [1.82, 2.24) is 29.0 Å². The number of nitrogens with zero attached hydrogens (tertiary/aromatic N) is 6. The minimum atomic E-state index is -0.238. The lowest BCUT2D eigenvalue weighted by Gasteiger charge is -2.35. The van der Waals surface area contributed by atoms with E-state index in [0.29, 0.717) is 17.8 Å². The van der Waals surface area contributed by atoms with E-state index in [1.807, 2.05) is 31.3 Å². The number of hydrogen-bond donors (Lipinski definition) is 0. The number of hydrogen-bond acceptors (Lipinski definition) is 6. The van der Waals surface area contributed by atoms with E-state index in [-0.39, 0.29) is 17.9 Å². The van der Waals surface area contributed by atoms with E-state index in [9.17, 15) is 4.79 Å². The summed E-state index contributed by atoms with van der Waals surface area (Å²) < 4.78 is 8.89. The number of aryl methyl sites for hydroxylation is 1. The average molecular weight is 419 g/mol. The second kappa shape index (κ2) is 7.86. The van der Waals surface area contributed by atoms with Crippen molar-refractivity contribution in [1.29, 1.82) is 0 Å². The van der Waals surface area contributed by atoms with Gasteiger partial charge in [0.2, 0.25) is 0 Å². The van der Waals surface area contributed by atoms with E-state index >= 15 is 0 Å². The highest BCUT2D eigenvalue weighted by Gasteiger charge is 2.23. The number of pyridine rings is 1. The summed E-state index contributed by atoms with van der Waals surface area (Å²) in [4.78, 5) is 24.6. The molecule has 2 atom stereocenters. The Morgan fingerprint density at radius 1 is 1.03 bits per heavy atom. The lowest BCUT2D eigenvalue weighted by atomic mass is 10.1. The molecule has 1 fully saturated rings. The topological polar surface area (TPSA) is 77.5 Å². The van der Waals surface area contributed by atoms with E-state index < -0.39 is 0 Å². The molecule has 1 aliphatic rings. The van der Waals surface area contributed by atoms with Crippen LogP contribution in [0.3, 0.4) is 0 Å². The van der Waals surface area contributed by atoms with Crippen molar-refractivity contribution < 1.29 is 4.74 Å². The number of benzene rings is 1. The third kappa shape index (κ3) is 3.84. The highest BCUT2D eigenvalue weighted by molar-refractivity contribution is 5.89. The molecule has 0 spiro atoms. The Labute approximate surface area is 180 Å². The number of rotatable bonds is 4. The number of ether oxygens (including phenoxy) is 1. The Morgan fingerprint density at radius 3 is 2.61 bits per heavy atom. The molecular formula is C23H26N6O2. The maximum absolute atomic E-state index is 13.1. The van der Waals surface area contributed by atoms with Gasteiger partial charge in [-0.2, -0.15) is 9.61 Å². The summed E-state index contributed by atoms with van der Waals surface area (Å²) in [5.74, 6) is 0. The minimum Gasteiger partial charge on any atom is -0.373 e. The second-order valence-electron chi connectivity index (χ2n) is 8.52. The molecule has 31 heavy (non-hydrogen) atoms. The van der Waals surface area contributed by atoms with Gasteiger partial charge in [-0.25, -0.2) is 14.8 Å². The van der Waals surface area contributed by atoms with Crippen molar-refractivity contribution >= 4 is 16.7 Å². The van der Waals surface area contributed by atoms with Crippen molar-refractivity contribution in [2.24, 2.45) is 0 Å². The summed E-state index contributed by atoms with van der Waals surface area (Å²) >= 11 is 0. The first-order chi connectivity index (χ1) is 15.0. The smallest absolute Gasteiger partial charge is 0.352 e. The van der Waals surface area contributed by atoms with Crippen LogP contribution in [0.25, 0.3) is 16.7 Å². The molecule has 1 saturated heterocycles. The van der Waals surface area contributed by atoms with E-state index in [1.165, 1.54) is 10.8 Å². The van der Waals surface area contributed by atoms with Crippen LogP contribution in [0.1, 0.15) is 30.5 Å². The van der Waals surface area contributed by atoms with Crippen LogP contribution in [0, 0.1) is 6.92 Å². The van der Waals surface area contributed by atoms with Crippen LogP contribution in [0.5, 0.6) is 0 Å². The highest BCUT2D eigenvalue weighted by Crippen LogP contribution is 2.20. The number of aromatic nitrogens is 5. The van der Waals surface area contributed by atoms with Crippen LogP contribution in [-0.2, 0) is 17.8 Å². The lowest BCUT2D eigenvalue weighted by molar-refractivity contribution is -0.0705. The number of fused-ring (bicyclic) bond motifs is 3. The average Bonchev–Trinajstić information content (AvgIpc) is 3.21. The molecular weight excluding hydrogens is 392 g/mol. The van der Waals surface area contributed by atoms with Crippen molar-refractivity contribution in [2.45, 2.75) is 46.1 Å². The van der Waals surface area contributed by atoms with Crippen molar-refractivity contribution in [3.63, 3.8) is 0 Å². The fourth-order valence-electron chi connectivity index (χ4n) is 4.54. The van der Waals surface area contributed by atoms with Gasteiger partial charge in [0, 0.05) is 25.8 Å². The first-order valence-electron chi connectivity index (χ1n) is 10.6. The van der Waals surface area contributed by atoms with Crippen LogP contribution < -0.4 is 5.69 Å². The Kier molecular flexibility index (Phi) is 5.03. The molecule has 8 heteroatoms. The molecule has 4 heterocycles. The zero-order valence-corrected chi connectivity index (χ0v) is 18.0. The predicted molar refractivity (Wildman–Crippen MR) is 118 cm³/mol. The zero-order chi connectivity index (χ0) is 21.5. The van der Waals surface area contributed by atoms with Crippen molar-refractivity contribution in [2.75, 3.05) is 13.1 Å². The molecule has 0 unspecified atom stereocenters. The molecule has 0 radical (unpaired) electrons. The first-order valence-corrected chi connectivity index (χ1v) is 10.6. The van der Waals surface area contributed by atoms with Crippen LogP contribution in [0.4, 0.5) is 0 Å². The van der Waals surface area contributed by atoms with Gasteiger partial charge >= 0.3 is 5.69 Å². The predicted octanol–water partition coefficient (Wildman–Crippen LogP) is 2.41.